The molecule has 0 radical (unpaired) electrons. The third kappa shape index (κ3) is 4.20. The van der Waals surface area contributed by atoms with E-state index in [1.807, 2.05) is 18.7 Å². The van der Waals surface area contributed by atoms with Crippen molar-refractivity contribution in [2.45, 2.75) is 31.2 Å². The summed E-state index contributed by atoms with van der Waals surface area (Å²) in [5.74, 6) is 0.490. The first-order valence-corrected chi connectivity index (χ1v) is 7.87. The van der Waals surface area contributed by atoms with E-state index >= 15 is 0 Å². The Morgan fingerprint density at radius 3 is 2.63 bits per heavy atom. The van der Waals surface area contributed by atoms with E-state index in [0.717, 1.165) is 6.26 Å². The Labute approximate surface area is 114 Å². The second-order valence-electron chi connectivity index (χ2n) is 4.66. The van der Waals surface area contributed by atoms with Crippen LogP contribution in [0, 0.1) is 5.41 Å². The first-order chi connectivity index (χ1) is 8.73. The molecule has 0 saturated heterocycles. The Morgan fingerprint density at radius 2 is 2.16 bits per heavy atom. The van der Waals surface area contributed by atoms with Crippen molar-refractivity contribution >= 4 is 21.5 Å². The third-order valence-corrected chi connectivity index (χ3v) is 3.79. The van der Waals surface area contributed by atoms with Crippen LogP contribution in [0.4, 0.5) is 5.82 Å². The minimum Gasteiger partial charge on any atom is -0.388 e. The Kier molecular flexibility index (Phi) is 4.88. The number of nitrogens with one attached hydrogen (secondary N) is 1. The van der Waals surface area contributed by atoms with Gasteiger partial charge >= 0.3 is 0 Å². The molecule has 1 heterocycles. The van der Waals surface area contributed by atoms with Crippen LogP contribution in [0.2, 0.25) is 0 Å². The predicted octanol–water partition coefficient (Wildman–Crippen LogP) is 1.03. The molecule has 0 aliphatic heterocycles. The standard InChI is InChI=1S/C12H20N4O2S/c1-9(2)16(8-6-11(13)14)12-10(19(3,17)18)5-4-7-15-12/h4-5,7,9H,6,8H2,1-3H3,(H3,13,14). The molecule has 0 aromatic carbocycles. The normalized spacial score (nSPS) is 11.6. The van der Waals surface area contributed by atoms with Gasteiger partial charge in [0, 0.05) is 31.5 Å². The van der Waals surface area contributed by atoms with E-state index in [2.05, 4.69) is 4.98 Å². The van der Waals surface area contributed by atoms with Gasteiger partial charge in [0.25, 0.3) is 0 Å². The van der Waals surface area contributed by atoms with Crippen LogP contribution in [0.1, 0.15) is 20.3 Å². The van der Waals surface area contributed by atoms with Crippen molar-refractivity contribution in [3.8, 4) is 0 Å². The number of amidine groups is 1. The second-order valence-corrected chi connectivity index (χ2v) is 6.64. The van der Waals surface area contributed by atoms with E-state index in [4.69, 9.17) is 11.1 Å². The summed E-state index contributed by atoms with van der Waals surface area (Å²) in [7, 11) is -3.34. The van der Waals surface area contributed by atoms with Crippen LogP contribution in [0.15, 0.2) is 23.2 Å². The van der Waals surface area contributed by atoms with Crippen molar-refractivity contribution in [1.82, 2.24) is 4.98 Å². The number of nitrogens with two attached hydrogens (primary N) is 1. The molecule has 1 aromatic heterocycles. The largest absolute Gasteiger partial charge is 0.388 e. The van der Waals surface area contributed by atoms with Crippen molar-refractivity contribution in [2.75, 3.05) is 17.7 Å². The minimum absolute atomic E-state index is 0.0646. The third-order valence-electron chi connectivity index (χ3n) is 2.67. The lowest BCUT2D eigenvalue weighted by molar-refractivity contribution is 0.599. The van der Waals surface area contributed by atoms with Crippen LogP contribution in [0.25, 0.3) is 0 Å². The molecule has 3 N–H and O–H groups in total. The smallest absolute Gasteiger partial charge is 0.179 e. The van der Waals surface area contributed by atoms with Crippen LogP contribution in [0.5, 0.6) is 0 Å². The highest BCUT2D eigenvalue weighted by Gasteiger charge is 2.21. The van der Waals surface area contributed by atoms with Gasteiger partial charge in [-0.2, -0.15) is 0 Å². The lowest BCUT2D eigenvalue weighted by atomic mass is 10.2. The Bertz CT molecular complexity index is 555. The van der Waals surface area contributed by atoms with Gasteiger partial charge in [-0.25, -0.2) is 13.4 Å². The monoisotopic (exact) mass is 284 g/mol. The van der Waals surface area contributed by atoms with E-state index in [1.165, 1.54) is 0 Å². The first-order valence-electron chi connectivity index (χ1n) is 5.98. The molecule has 0 fully saturated rings. The van der Waals surface area contributed by atoms with Crippen molar-refractivity contribution in [2.24, 2.45) is 5.73 Å². The number of hydrogen-bond acceptors (Lipinski definition) is 5. The van der Waals surface area contributed by atoms with Crippen LogP contribution in [-0.2, 0) is 9.84 Å². The molecule has 1 aromatic rings. The van der Waals surface area contributed by atoms with Crippen molar-refractivity contribution in [1.29, 1.82) is 5.41 Å². The van der Waals surface area contributed by atoms with Gasteiger partial charge in [0.05, 0.1) is 5.84 Å². The zero-order valence-corrected chi connectivity index (χ0v) is 12.2. The topological polar surface area (TPSA) is 100 Å². The number of aromatic nitrogens is 1. The summed E-state index contributed by atoms with van der Waals surface area (Å²) in [6.45, 7) is 4.36. The Morgan fingerprint density at radius 1 is 1.53 bits per heavy atom. The molecule has 0 atom stereocenters. The molecule has 1 rings (SSSR count). The number of anilines is 1. The van der Waals surface area contributed by atoms with E-state index in [9.17, 15) is 8.42 Å². The van der Waals surface area contributed by atoms with Gasteiger partial charge < -0.3 is 10.6 Å². The Balaban J connectivity index is 3.20. The molecule has 19 heavy (non-hydrogen) atoms. The molecule has 7 heteroatoms. The highest BCUT2D eigenvalue weighted by atomic mass is 32.2. The van der Waals surface area contributed by atoms with Gasteiger partial charge in [0.1, 0.15) is 10.7 Å². The number of pyridine rings is 1. The number of nitrogens with zero attached hydrogens (tertiary/aromatic N) is 2. The maximum atomic E-state index is 11.8. The summed E-state index contributed by atoms with van der Waals surface area (Å²) in [4.78, 5) is 6.23. The maximum Gasteiger partial charge on any atom is 0.179 e. The lowest BCUT2D eigenvalue weighted by Gasteiger charge is -2.29. The van der Waals surface area contributed by atoms with E-state index < -0.39 is 9.84 Å². The predicted molar refractivity (Wildman–Crippen MR) is 76.4 cm³/mol. The molecule has 6 nitrogen and oxygen atoms in total. The van der Waals surface area contributed by atoms with E-state index in [0.29, 0.717) is 18.8 Å². The fraction of sp³-hybridized carbons (Fsp3) is 0.500. The molecule has 0 aliphatic rings. The van der Waals surface area contributed by atoms with Gasteiger partial charge in [-0.1, -0.05) is 0 Å². The summed E-state index contributed by atoms with van der Waals surface area (Å²) in [6, 6.07) is 3.21. The summed E-state index contributed by atoms with van der Waals surface area (Å²) in [5.41, 5.74) is 5.36. The van der Waals surface area contributed by atoms with Gasteiger partial charge in [0.2, 0.25) is 0 Å². The molecule has 0 bridgehead atoms. The molecule has 0 saturated carbocycles. The van der Waals surface area contributed by atoms with Gasteiger partial charge in [0.15, 0.2) is 9.84 Å². The van der Waals surface area contributed by atoms with Crippen LogP contribution >= 0.6 is 0 Å². The van der Waals surface area contributed by atoms with Gasteiger partial charge in [-0.15, -0.1) is 0 Å². The van der Waals surface area contributed by atoms with Crippen molar-refractivity contribution in [3.05, 3.63) is 18.3 Å². The van der Waals surface area contributed by atoms with E-state index in [-0.39, 0.29) is 16.8 Å². The molecule has 106 valence electrons. The maximum absolute atomic E-state index is 11.8. The van der Waals surface area contributed by atoms with Gasteiger partial charge in [-0.05, 0) is 26.0 Å². The zero-order valence-electron chi connectivity index (χ0n) is 11.4. The number of hydrogen-bond donors (Lipinski definition) is 2. The van der Waals surface area contributed by atoms with Crippen LogP contribution < -0.4 is 10.6 Å². The number of rotatable bonds is 6. The molecule has 0 unspecified atom stereocenters. The van der Waals surface area contributed by atoms with Crippen molar-refractivity contribution < 1.29 is 8.42 Å². The quantitative estimate of drug-likeness (QED) is 0.600. The van der Waals surface area contributed by atoms with Crippen LogP contribution in [0.3, 0.4) is 0 Å². The average molecular weight is 284 g/mol. The van der Waals surface area contributed by atoms with E-state index in [1.54, 1.807) is 18.3 Å². The Hall–Kier alpha value is -1.63. The zero-order chi connectivity index (χ0) is 14.6. The fourth-order valence-corrected chi connectivity index (χ4v) is 2.56. The molecular weight excluding hydrogens is 264 g/mol. The fourth-order valence-electron chi connectivity index (χ4n) is 1.74. The summed E-state index contributed by atoms with van der Waals surface area (Å²) >= 11 is 0. The molecule has 0 aliphatic carbocycles. The summed E-state index contributed by atoms with van der Waals surface area (Å²) in [5, 5.41) is 7.28. The summed E-state index contributed by atoms with van der Waals surface area (Å²) < 4.78 is 23.6. The SMILES string of the molecule is CC(C)N(CCC(=N)N)c1ncccc1S(C)(=O)=O. The van der Waals surface area contributed by atoms with Crippen molar-refractivity contribution in [3.63, 3.8) is 0 Å². The minimum atomic E-state index is -3.34. The molecule has 0 amide bonds. The lowest BCUT2D eigenvalue weighted by Crippen LogP contribution is -2.35. The average Bonchev–Trinajstić information content (AvgIpc) is 2.27. The highest BCUT2D eigenvalue weighted by Crippen LogP contribution is 2.24. The molecular formula is C12H20N4O2S. The number of sulfone groups is 1. The highest BCUT2D eigenvalue weighted by molar-refractivity contribution is 7.90. The van der Waals surface area contributed by atoms with Crippen LogP contribution in [-0.4, -0.2) is 38.1 Å². The summed E-state index contributed by atoms with van der Waals surface area (Å²) in [6.07, 6.45) is 3.10. The second kappa shape index (κ2) is 6.01. The first kappa shape index (κ1) is 15.4. The molecule has 0 spiro atoms. The van der Waals surface area contributed by atoms with Gasteiger partial charge in [-0.3, -0.25) is 5.41 Å².